The molecule has 2 N–H and O–H groups in total. The Bertz CT molecular complexity index is 845. The van der Waals surface area contributed by atoms with Crippen molar-refractivity contribution < 1.29 is 4.79 Å². The van der Waals surface area contributed by atoms with Crippen LogP contribution in [0.3, 0.4) is 0 Å². The lowest BCUT2D eigenvalue weighted by Crippen LogP contribution is -2.14. The highest BCUT2D eigenvalue weighted by Gasteiger charge is 2.06. The first-order valence-electron chi connectivity index (χ1n) is 6.46. The largest absolute Gasteiger partial charge is 0.345 e. The van der Waals surface area contributed by atoms with Crippen LogP contribution in [0.25, 0.3) is 11.0 Å². The summed E-state index contributed by atoms with van der Waals surface area (Å²) in [5.41, 5.74) is 3.83. The first kappa shape index (κ1) is 12.9. The number of carbonyl (C=O) groups excluding carboxylic acids is 1. The summed E-state index contributed by atoms with van der Waals surface area (Å²) in [6.45, 7) is 0. The summed E-state index contributed by atoms with van der Waals surface area (Å²) in [6, 6.07) is 14.6. The second-order valence-corrected chi connectivity index (χ2v) is 4.67. The molecule has 0 aliphatic rings. The number of nitrogens with one attached hydrogen (secondary N) is 2. The molecule has 2 aromatic carbocycles. The van der Waals surface area contributed by atoms with E-state index in [1.807, 2.05) is 24.3 Å². The maximum absolute atomic E-state index is 12.0. The topological polar surface area (TPSA) is 81.6 Å². The number of hydrogen-bond donors (Lipinski definition) is 2. The van der Waals surface area contributed by atoms with Gasteiger partial charge in [0.1, 0.15) is 0 Å². The average Bonchev–Trinajstić information content (AvgIpc) is 2.95. The maximum atomic E-state index is 12.0. The van der Waals surface area contributed by atoms with Crippen LogP contribution in [-0.4, -0.2) is 15.9 Å². The predicted octanol–water partition coefficient (Wildman–Crippen LogP) is 2.62. The molecule has 0 bridgehead atoms. The fraction of sp³-hybridized carbons (Fsp3) is 0.0625. The Balaban J connectivity index is 1.72. The lowest BCUT2D eigenvalue weighted by atomic mass is 10.1. The van der Waals surface area contributed by atoms with Gasteiger partial charge in [-0.3, -0.25) is 4.79 Å². The van der Waals surface area contributed by atoms with Gasteiger partial charge in [-0.25, -0.2) is 4.98 Å². The second kappa shape index (κ2) is 5.47. The summed E-state index contributed by atoms with van der Waals surface area (Å²) in [6.07, 6.45) is 1.90. The number of imidazole rings is 1. The fourth-order valence-electron chi connectivity index (χ4n) is 2.15. The average molecular weight is 276 g/mol. The summed E-state index contributed by atoms with van der Waals surface area (Å²) in [5, 5.41) is 11.6. The fourth-order valence-corrected chi connectivity index (χ4v) is 2.15. The Hall–Kier alpha value is -3.13. The van der Waals surface area contributed by atoms with Crippen LogP contribution in [0.5, 0.6) is 0 Å². The summed E-state index contributed by atoms with van der Waals surface area (Å²) < 4.78 is 0. The van der Waals surface area contributed by atoms with E-state index in [1.54, 1.807) is 30.6 Å². The van der Waals surface area contributed by atoms with Crippen LogP contribution in [0.1, 0.15) is 11.1 Å². The molecule has 0 aliphatic carbocycles. The molecule has 21 heavy (non-hydrogen) atoms. The first-order valence-corrected chi connectivity index (χ1v) is 6.46. The first-order chi connectivity index (χ1) is 10.2. The Kier molecular flexibility index (Phi) is 3.36. The van der Waals surface area contributed by atoms with Gasteiger partial charge in [0.2, 0.25) is 5.91 Å². The van der Waals surface area contributed by atoms with Crippen molar-refractivity contribution in [3.63, 3.8) is 0 Å². The Morgan fingerprint density at radius 2 is 2.19 bits per heavy atom. The molecule has 3 aromatic rings. The van der Waals surface area contributed by atoms with Gasteiger partial charge in [0.15, 0.2) is 0 Å². The Morgan fingerprint density at radius 1 is 1.29 bits per heavy atom. The molecule has 1 amide bonds. The smallest absolute Gasteiger partial charge is 0.228 e. The Labute approximate surface area is 121 Å². The van der Waals surface area contributed by atoms with Crippen molar-refractivity contribution in [1.82, 2.24) is 9.97 Å². The van der Waals surface area contributed by atoms with Crippen molar-refractivity contribution in [2.75, 3.05) is 5.32 Å². The lowest BCUT2D eigenvalue weighted by molar-refractivity contribution is -0.115. The van der Waals surface area contributed by atoms with E-state index in [-0.39, 0.29) is 12.3 Å². The number of aromatic nitrogens is 2. The van der Waals surface area contributed by atoms with E-state index in [0.717, 1.165) is 16.6 Å². The lowest BCUT2D eigenvalue weighted by Gasteiger charge is -2.05. The monoisotopic (exact) mass is 276 g/mol. The molecule has 0 aliphatic heterocycles. The minimum atomic E-state index is -0.121. The quantitative estimate of drug-likeness (QED) is 0.771. The molecular weight excluding hydrogens is 264 g/mol. The molecule has 5 nitrogen and oxygen atoms in total. The molecule has 1 aromatic heterocycles. The van der Waals surface area contributed by atoms with Crippen molar-refractivity contribution in [2.24, 2.45) is 0 Å². The maximum Gasteiger partial charge on any atom is 0.228 e. The number of fused-ring (bicyclic) bond motifs is 1. The molecule has 0 unspecified atom stereocenters. The van der Waals surface area contributed by atoms with Crippen LogP contribution in [-0.2, 0) is 11.2 Å². The summed E-state index contributed by atoms with van der Waals surface area (Å²) in [5.74, 6) is -0.121. The number of benzene rings is 2. The third kappa shape index (κ3) is 2.90. The van der Waals surface area contributed by atoms with Crippen molar-refractivity contribution in [2.45, 2.75) is 6.42 Å². The number of nitriles is 1. The van der Waals surface area contributed by atoms with Gasteiger partial charge in [-0.1, -0.05) is 12.1 Å². The van der Waals surface area contributed by atoms with Crippen LogP contribution in [0.2, 0.25) is 0 Å². The number of anilines is 1. The molecule has 0 saturated carbocycles. The summed E-state index contributed by atoms with van der Waals surface area (Å²) in [7, 11) is 0. The summed E-state index contributed by atoms with van der Waals surface area (Å²) in [4.78, 5) is 19.2. The van der Waals surface area contributed by atoms with Crippen LogP contribution in [0, 0.1) is 11.3 Å². The van der Waals surface area contributed by atoms with Gasteiger partial charge >= 0.3 is 0 Å². The predicted molar refractivity (Wildman–Crippen MR) is 79.6 cm³/mol. The number of hydrogen-bond acceptors (Lipinski definition) is 3. The number of nitrogens with zero attached hydrogens (tertiary/aromatic N) is 2. The van der Waals surface area contributed by atoms with Crippen LogP contribution in [0.15, 0.2) is 48.8 Å². The molecule has 0 spiro atoms. The number of aromatic amines is 1. The Morgan fingerprint density at radius 3 is 3.05 bits per heavy atom. The van der Waals surface area contributed by atoms with Crippen molar-refractivity contribution in [3.05, 3.63) is 59.9 Å². The van der Waals surface area contributed by atoms with Crippen LogP contribution in [0.4, 0.5) is 5.69 Å². The van der Waals surface area contributed by atoms with Crippen LogP contribution >= 0.6 is 0 Å². The normalized spacial score (nSPS) is 10.2. The van der Waals surface area contributed by atoms with E-state index >= 15 is 0 Å². The van der Waals surface area contributed by atoms with E-state index in [9.17, 15) is 4.79 Å². The number of rotatable bonds is 3. The van der Waals surface area contributed by atoms with Gasteiger partial charge in [0, 0.05) is 5.69 Å². The molecule has 5 heteroatoms. The molecule has 0 atom stereocenters. The van der Waals surface area contributed by atoms with E-state index in [2.05, 4.69) is 15.3 Å². The molecule has 0 fully saturated rings. The van der Waals surface area contributed by atoms with Crippen molar-refractivity contribution >= 4 is 22.6 Å². The third-order valence-electron chi connectivity index (χ3n) is 3.12. The van der Waals surface area contributed by atoms with Crippen molar-refractivity contribution in [3.8, 4) is 6.07 Å². The van der Waals surface area contributed by atoms with Crippen LogP contribution < -0.4 is 5.32 Å². The zero-order valence-electron chi connectivity index (χ0n) is 11.1. The van der Waals surface area contributed by atoms with E-state index < -0.39 is 0 Å². The highest BCUT2D eigenvalue weighted by Crippen LogP contribution is 2.14. The van der Waals surface area contributed by atoms with Crippen molar-refractivity contribution in [1.29, 1.82) is 5.26 Å². The highest BCUT2D eigenvalue weighted by atomic mass is 16.1. The standard InChI is InChI=1S/C16H12N4O/c17-9-12-2-1-3-13(6-12)20-16(21)8-11-4-5-14-15(7-11)19-10-18-14/h1-7,10H,8H2,(H,18,19)(H,20,21). The van der Waals surface area contributed by atoms with Gasteiger partial charge < -0.3 is 10.3 Å². The molecular formula is C16H12N4O. The summed E-state index contributed by atoms with van der Waals surface area (Å²) >= 11 is 0. The minimum absolute atomic E-state index is 0.121. The molecule has 0 radical (unpaired) electrons. The molecule has 1 heterocycles. The van der Waals surface area contributed by atoms with E-state index in [4.69, 9.17) is 5.26 Å². The minimum Gasteiger partial charge on any atom is -0.345 e. The highest BCUT2D eigenvalue weighted by molar-refractivity contribution is 5.93. The second-order valence-electron chi connectivity index (χ2n) is 4.67. The number of carbonyl (C=O) groups is 1. The molecule has 102 valence electrons. The van der Waals surface area contributed by atoms with Gasteiger partial charge in [0.05, 0.1) is 35.4 Å². The van der Waals surface area contributed by atoms with Gasteiger partial charge in [-0.2, -0.15) is 5.26 Å². The molecule has 0 saturated heterocycles. The third-order valence-corrected chi connectivity index (χ3v) is 3.12. The number of amides is 1. The van der Waals surface area contributed by atoms with E-state index in [1.165, 1.54) is 0 Å². The molecule has 3 rings (SSSR count). The zero-order valence-corrected chi connectivity index (χ0v) is 11.1. The van der Waals surface area contributed by atoms with Gasteiger partial charge in [0.25, 0.3) is 0 Å². The zero-order chi connectivity index (χ0) is 14.7. The van der Waals surface area contributed by atoms with E-state index in [0.29, 0.717) is 11.3 Å². The SMILES string of the molecule is N#Cc1cccc(NC(=O)Cc2ccc3nc[nH]c3c2)c1. The number of H-pyrrole nitrogens is 1. The van der Waals surface area contributed by atoms with Gasteiger partial charge in [-0.05, 0) is 35.9 Å². The van der Waals surface area contributed by atoms with Gasteiger partial charge in [-0.15, -0.1) is 0 Å².